The van der Waals surface area contributed by atoms with Gasteiger partial charge in [0.15, 0.2) is 0 Å². The van der Waals surface area contributed by atoms with E-state index in [1.54, 1.807) is 0 Å². The van der Waals surface area contributed by atoms with Gasteiger partial charge in [0.05, 0.1) is 6.54 Å². The van der Waals surface area contributed by atoms with Crippen molar-refractivity contribution < 1.29 is 4.79 Å². The third-order valence-electron chi connectivity index (χ3n) is 4.27. The number of aromatic nitrogens is 2. The normalized spacial score (nSPS) is 17.7. The highest BCUT2D eigenvalue weighted by atomic mass is 32.1. The van der Waals surface area contributed by atoms with E-state index >= 15 is 0 Å². The van der Waals surface area contributed by atoms with Crippen LogP contribution in [-0.4, -0.2) is 27.5 Å². The SMILES string of the molecule is O=C(Nc1ccccc1)c1nnc(CN2CCCC2c2cccs2)s1. The fourth-order valence-corrected chi connectivity index (χ4v) is 4.76. The minimum atomic E-state index is -0.203. The second kappa shape index (κ2) is 7.43. The number of hydrogen-bond acceptors (Lipinski definition) is 6. The maximum absolute atomic E-state index is 12.3. The summed E-state index contributed by atoms with van der Waals surface area (Å²) in [6.45, 7) is 1.81. The van der Waals surface area contributed by atoms with Gasteiger partial charge in [0, 0.05) is 16.6 Å². The first kappa shape index (κ1) is 16.4. The molecular formula is C18H18N4OS2. The molecule has 0 aliphatic carbocycles. The fraction of sp³-hybridized carbons (Fsp3) is 0.278. The van der Waals surface area contributed by atoms with Crippen LogP contribution in [0.25, 0.3) is 0 Å². The van der Waals surface area contributed by atoms with Crippen molar-refractivity contribution in [3.63, 3.8) is 0 Å². The van der Waals surface area contributed by atoms with E-state index in [0.717, 1.165) is 23.8 Å². The molecule has 1 aromatic carbocycles. The Labute approximate surface area is 154 Å². The molecule has 7 heteroatoms. The molecule has 0 radical (unpaired) electrons. The van der Waals surface area contributed by atoms with Crippen molar-refractivity contribution in [2.24, 2.45) is 0 Å². The summed E-state index contributed by atoms with van der Waals surface area (Å²) in [6.07, 6.45) is 2.38. The quantitative estimate of drug-likeness (QED) is 0.732. The van der Waals surface area contributed by atoms with Gasteiger partial charge in [-0.1, -0.05) is 35.6 Å². The number of nitrogens with one attached hydrogen (secondary N) is 1. The summed E-state index contributed by atoms with van der Waals surface area (Å²) in [5, 5.41) is 14.6. The van der Waals surface area contributed by atoms with Gasteiger partial charge < -0.3 is 5.32 Å². The monoisotopic (exact) mass is 370 g/mol. The van der Waals surface area contributed by atoms with E-state index < -0.39 is 0 Å². The zero-order valence-corrected chi connectivity index (χ0v) is 15.2. The van der Waals surface area contributed by atoms with Gasteiger partial charge in [-0.05, 0) is 43.0 Å². The van der Waals surface area contributed by atoms with Gasteiger partial charge >= 0.3 is 0 Å². The Morgan fingerprint density at radius 3 is 2.88 bits per heavy atom. The predicted octanol–water partition coefficient (Wildman–Crippen LogP) is 4.19. The van der Waals surface area contributed by atoms with Crippen molar-refractivity contribution in [1.29, 1.82) is 0 Å². The molecule has 1 aliphatic rings. The lowest BCUT2D eigenvalue weighted by molar-refractivity contribution is 0.102. The first-order valence-electron chi connectivity index (χ1n) is 8.26. The number of benzene rings is 1. The lowest BCUT2D eigenvalue weighted by atomic mass is 10.2. The number of hydrogen-bond donors (Lipinski definition) is 1. The molecule has 1 amide bonds. The Hall–Kier alpha value is -2.09. The summed E-state index contributed by atoms with van der Waals surface area (Å²) in [5.74, 6) is -0.203. The smallest absolute Gasteiger partial charge is 0.286 e. The molecule has 1 unspecified atom stereocenters. The number of carbonyl (C=O) groups excluding carboxylic acids is 1. The Kier molecular flexibility index (Phi) is 4.87. The molecule has 1 aliphatic heterocycles. The molecule has 2 aromatic heterocycles. The molecule has 1 atom stereocenters. The van der Waals surface area contributed by atoms with Gasteiger partial charge in [-0.3, -0.25) is 9.69 Å². The van der Waals surface area contributed by atoms with Crippen LogP contribution in [0.2, 0.25) is 0 Å². The van der Waals surface area contributed by atoms with Crippen molar-refractivity contribution in [2.45, 2.75) is 25.4 Å². The largest absolute Gasteiger partial charge is 0.320 e. The molecule has 128 valence electrons. The Balaban J connectivity index is 1.42. The van der Waals surface area contributed by atoms with Crippen LogP contribution >= 0.6 is 22.7 Å². The Bertz CT molecular complexity index is 832. The highest BCUT2D eigenvalue weighted by molar-refractivity contribution is 7.13. The average molecular weight is 371 g/mol. The van der Waals surface area contributed by atoms with Crippen molar-refractivity contribution in [3.8, 4) is 0 Å². The van der Waals surface area contributed by atoms with Gasteiger partial charge in [0.2, 0.25) is 5.01 Å². The predicted molar refractivity (Wildman–Crippen MR) is 101 cm³/mol. The van der Waals surface area contributed by atoms with Crippen molar-refractivity contribution in [2.75, 3.05) is 11.9 Å². The van der Waals surface area contributed by atoms with E-state index in [4.69, 9.17) is 0 Å². The number of anilines is 1. The average Bonchev–Trinajstić information content (AvgIpc) is 3.37. The summed E-state index contributed by atoms with van der Waals surface area (Å²) in [7, 11) is 0. The van der Waals surface area contributed by atoms with Crippen LogP contribution in [0.15, 0.2) is 47.8 Å². The van der Waals surface area contributed by atoms with E-state index in [2.05, 4.69) is 37.9 Å². The maximum Gasteiger partial charge on any atom is 0.286 e. The number of para-hydroxylation sites is 1. The molecule has 0 spiro atoms. The van der Waals surface area contributed by atoms with Crippen LogP contribution in [0, 0.1) is 0 Å². The molecule has 3 aromatic rings. The highest BCUT2D eigenvalue weighted by Gasteiger charge is 2.28. The molecule has 5 nitrogen and oxygen atoms in total. The summed E-state index contributed by atoms with van der Waals surface area (Å²) in [5.41, 5.74) is 0.765. The minimum absolute atomic E-state index is 0.203. The molecule has 1 saturated heterocycles. The fourth-order valence-electron chi connectivity index (χ4n) is 3.11. The second-order valence-corrected chi connectivity index (χ2v) is 8.01. The van der Waals surface area contributed by atoms with Crippen LogP contribution in [0.1, 0.15) is 38.6 Å². The molecular weight excluding hydrogens is 352 g/mol. The van der Waals surface area contributed by atoms with Crippen molar-refractivity contribution >= 4 is 34.3 Å². The summed E-state index contributed by atoms with van der Waals surface area (Å²) in [6, 6.07) is 14.2. The van der Waals surface area contributed by atoms with Gasteiger partial charge in [0.25, 0.3) is 5.91 Å². The third-order valence-corrected chi connectivity index (χ3v) is 6.15. The molecule has 4 rings (SSSR count). The standard InChI is InChI=1S/C18H18N4OS2/c23-17(19-13-6-2-1-3-7-13)18-21-20-16(25-18)12-22-10-4-8-14(22)15-9-5-11-24-15/h1-3,5-7,9,11,14H,4,8,10,12H2,(H,19,23). The number of amides is 1. The third kappa shape index (κ3) is 3.78. The van der Waals surface area contributed by atoms with Gasteiger partial charge in [-0.15, -0.1) is 21.5 Å². The van der Waals surface area contributed by atoms with E-state index in [0.29, 0.717) is 11.0 Å². The van der Waals surface area contributed by atoms with Gasteiger partial charge in [-0.25, -0.2) is 0 Å². The first-order valence-corrected chi connectivity index (χ1v) is 9.95. The molecule has 0 bridgehead atoms. The molecule has 25 heavy (non-hydrogen) atoms. The van der Waals surface area contributed by atoms with Gasteiger partial charge in [-0.2, -0.15) is 0 Å². The van der Waals surface area contributed by atoms with E-state index in [1.165, 1.54) is 29.1 Å². The van der Waals surface area contributed by atoms with Crippen molar-refractivity contribution in [1.82, 2.24) is 15.1 Å². The Morgan fingerprint density at radius 2 is 2.08 bits per heavy atom. The highest BCUT2D eigenvalue weighted by Crippen LogP contribution is 2.35. The molecule has 1 N–H and O–H groups in total. The summed E-state index contributed by atoms with van der Waals surface area (Å²) >= 11 is 3.18. The van der Waals surface area contributed by atoms with Crippen LogP contribution in [-0.2, 0) is 6.54 Å². The van der Waals surface area contributed by atoms with Gasteiger partial charge in [0.1, 0.15) is 5.01 Å². The number of rotatable bonds is 5. The van der Waals surface area contributed by atoms with Crippen LogP contribution in [0.3, 0.4) is 0 Å². The molecule has 0 saturated carbocycles. The van der Waals surface area contributed by atoms with E-state index in [1.807, 2.05) is 41.7 Å². The minimum Gasteiger partial charge on any atom is -0.320 e. The van der Waals surface area contributed by atoms with Crippen molar-refractivity contribution in [3.05, 3.63) is 62.7 Å². The van der Waals surface area contributed by atoms with Crippen LogP contribution in [0.4, 0.5) is 5.69 Å². The van der Waals surface area contributed by atoms with E-state index in [-0.39, 0.29) is 5.91 Å². The van der Waals surface area contributed by atoms with Crippen LogP contribution < -0.4 is 5.32 Å². The number of thiophene rings is 1. The van der Waals surface area contributed by atoms with E-state index in [9.17, 15) is 4.79 Å². The molecule has 3 heterocycles. The number of nitrogens with zero attached hydrogens (tertiary/aromatic N) is 3. The van der Waals surface area contributed by atoms with Crippen LogP contribution in [0.5, 0.6) is 0 Å². The first-order chi connectivity index (χ1) is 12.3. The maximum atomic E-state index is 12.3. The zero-order chi connectivity index (χ0) is 17.1. The summed E-state index contributed by atoms with van der Waals surface area (Å²) < 4.78 is 0. The number of likely N-dealkylation sites (tertiary alicyclic amines) is 1. The zero-order valence-electron chi connectivity index (χ0n) is 13.6. The summed E-state index contributed by atoms with van der Waals surface area (Å²) in [4.78, 5) is 16.1. The Morgan fingerprint density at radius 1 is 1.20 bits per heavy atom. The number of carbonyl (C=O) groups is 1. The second-order valence-electron chi connectivity index (χ2n) is 5.97. The lowest BCUT2D eigenvalue weighted by Crippen LogP contribution is -2.22. The lowest BCUT2D eigenvalue weighted by Gasteiger charge is -2.21. The molecule has 1 fully saturated rings. The topological polar surface area (TPSA) is 58.1 Å².